The lowest BCUT2D eigenvalue weighted by Crippen LogP contribution is -2.06. The highest BCUT2D eigenvalue weighted by Crippen LogP contribution is 2.36. The van der Waals surface area contributed by atoms with Crippen LogP contribution in [0.3, 0.4) is 0 Å². The van der Waals surface area contributed by atoms with Gasteiger partial charge in [0.25, 0.3) is 0 Å². The van der Waals surface area contributed by atoms with Crippen molar-refractivity contribution in [3.8, 4) is 0 Å². The van der Waals surface area contributed by atoms with Gasteiger partial charge >= 0.3 is 6.18 Å². The minimum Gasteiger partial charge on any atom is -0.355 e. The van der Waals surface area contributed by atoms with Crippen molar-refractivity contribution in [3.63, 3.8) is 0 Å². The molecule has 1 N–H and O–H groups in total. The second-order valence-corrected chi connectivity index (χ2v) is 5.05. The van der Waals surface area contributed by atoms with E-state index in [4.69, 9.17) is 0 Å². The normalized spacial score (nSPS) is 11.6. The lowest BCUT2D eigenvalue weighted by Gasteiger charge is -2.13. The SMILES string of the molecule is Cc1cccc(Nc2ccnc3c(C(F)(F)F)cccc23)c1. The number of hydrogen-bond donors (Lipinski definition) is 1. The average molecular weight is 302 g/mol. The predicted octanol–water partition coefficient (Wildman–Crippen LogP) is 5.31. The largest absolute Gasteiger partial charge is 0.418 e. The molecular formula is C17H13F3N2. The Morgan fingerprint density at radius 3 is 2.50 bits per heavy atom. The van der Waals surface area contributed by atoms with Crippen LogP contribution in [0.25, 0.3) is 10.9 Å². The van der Waals surface area contributed by atoms with Crippen molar-refractivity contribution in [1.82, 2.24) is 4.98 Å². The number of nitrogens with one attached hydrogen (secondary N) is 1. The molecule has 1 heterocycles. The number of pyridine rings is 1. The van der Waals surface area contributed by atoms with Gasteiger partial charge in [-0.3, -0.25) is 4.98 Å². The molecule has 0 spiro atoms. The summed E-state index contributed by atoms with van der Waals surface area (Å²) in [5.41, 5.74) is 1.72. The predicted molar refractivity (Wildman–Crippen MR) is 81.2 cm³/mol. The highest BCUT2D eigenvalue weighted by atomic mass is 19.4. The molecule has 0 amide bonds. The monoisotopic (exact) mass is 302 g/mol. The number of alkyl halides is 3. The van der Waals surface area contributed by atoms with E-state index in [1.807, 2.05) is 31.2 Å². The van der Waals surface area contributed by atoms with Crippen LogP contribution in [-0.4, -0.2) is 4.98 Å². The van der Waals surface area contributed by atoms with Gasteiger partial charge in [-0.2, -0.15) is 13.2 Å². The Morgan fingerprint density at radius 1 is 1.00 bits per heavy atom. The fraction of sp³-hybridized carbons (Fsp3) is 0.118. The number of rotatable bonds is 2. The average Bonchev–Trinajstić information content (AvgIpc) is 2.46. The van der Waals surface area contributed by atoms with Crippen LogP contribution in [0.4, 0.5) is 24.5 Å². The number of fused-ring (bicyclic) bond motifs is 1. The summed E-state index contributed by atoms with van der Waals surface area (Å²) in [5.74, 6) is 0. The van der Waals surface area contributed by atoms with Gasteiger partial charge in [-0.05, 0) is 36.8 Å². The van der Waals surface area contributed by atoms with Gasteiger partial charge in [-0.15, -0.1) is 0 Å². The lowest BCUT2D eigenvalue weighted by atomic mass is 10.1. The van der Waals surface area contributed by atoms with Crippen molar-refractivity contribution in [2.75, 3.05) is 5.32 Å². The highest BCUT2D eigenvalue weighted by Gasteiger charge is 2.33. The first-order valence-electron chi connectivity index (χ1n) is 6.74. The van der Waals surface area contributed by atoms with Crippen LogP contribution in [-0.2, 0) is 6.18 Å². The van der Waals surface area contributed by atoms with Crippen LogP contribution >= 0.6 is 0 Å². The Balaban J connectivity index is 2.12. The van der Waals surface area contributed by atoms with Gasteiger partial charge in [0.1, 0.15) is 0 Å². The molecule has 0 atom stereocenters. The fourth-order valence-corrected chi connectivity index (χ4v) is 2.39. The van der Waals surface area contributed by atoms with Gasteiger partial charge in [-0.1, -0.05) is 24.3 Å². The molecule has 0 radical (unpaired) electrons. The molecule has 0 unspecified atom stereocenters. The van der Waals surface area contributed by atoms with E-state index >= 15 is 0 Å². The van der Waals surface area contributed by atoms with Crippen LogP contribution in [0.2, 0.25) is 0 Å². The van der Waals surface area contributed by atoms with Crippen LogP contribution in [0, 0.1) is 6.92 Å². The topological polar surface area (TPSA) is 24.9 Å². The first-order chi connectivity index (χ1) is 10.4. The van der Waals surface area contributed by atoms with Crippen LogP contribution in [0.1, 0.15) is 11.1 Å². The number of nitrogens with zero attached hydrogens (tertiary/aromatic N) is 1. The molecule has 3 rings (SSSR count). The van der Waals surface area contributed by atoms with E-state index in [0.29, 0.717) is 11.1 Å². The third-order valence-corrected chi connectivity index (χ3v) is 3.37. The summed E-state index contributed by atoms with van der Waals surface area (Å²) < 4.78 is 39.2. The highest BCUT2D eigenvalue weighted by molar-refractivity contribution is 5.94. The van der Waals surface area contributed by atoms with E-state index in [1.165, 1.54) is 12.3 Å². The van der Waals surface area contributed by atoms with Crippen LogP contribution in [0.15, 0.2) is 54.7 Å². The van der Waals surface area contributed by atoms with Crippen LogP contribution < -0.4 is 5.32 Å². The van der Waals surface area contributed by atoms with E-state index in [2.05, 4.69) is 10.3 Å². The zero-order valence-electron chi connectivity index (χ0n) is 11.8. The van der Waals surface area contributed by atoms with E-state index in [-0.39, 0.29) is 5.52 Å². The Hall–Kier alpha value is -2.56. The maximum absolute atomic E-state index is 13.1. The number of halogens is 3. The number of hydrogen-bond acceptors (Lipinski definition) is 2. The molecule has 0 bridgehead atoms. The zero-order chi connectivity index (χ0) is 15.7. The number of para-hydroxylation sites is 1. The van der Waals surface area contributed by atoms with Gasteiger partial charge in [0.15, 0.2) is 0 Å². The van der Waals surface area contributed by atoms with Gasteiger partial charge in [-0.25, -0.2) is 0 Å². The second kappa shape index (κ2) is 5.33. The second-order valence-electron chi connectivity index (χ2n) is 5.05. The molecule has 0 saturated heterocycles. The number of benzene rings is 2. The van der Waals surface area contributed by atoms with Gasteiger partial charge < -0.3 is 5.32 Å². The van der Waals surface area contributed by atoms with Crippen molar-refractivity contribution in [2.45, 2.75) is 13.1 Å². The molecule has 2 nitrogen and oxygen atoms in total. The number of aryl methyl sites for hydroxylation is 1. The van der Waals surface area contributed by atoms with Crippen LogP contribution in [0.5, 0.6) is 0 Å². The van der Waals surface area contributed by atoms with Crippen molar-refractivity contribution in [3.05, 3.63) is 65.9 Å². The Kier molecular flexibility index (Phi) is 3.48. The molecule has 0 saturated carbocycles. The van der Waals surface area contributed by atoms with Crippen molar-refractivity contribution in [1.29, 1.82) is 0 Å². The molecule has 22 heavy (non-hydrogen) atoms. The number of anilines is 2. The lowest BCUT2D eigenvalue weighted by molar-refractivity contribution is -0.136. The summed E-state index contributed by atoms with van der Waals surface area (Å²) in [5, 5.41) is 3.60. The third kappa shape index (κ3) is 2.74. The molecule has 0 fully saturated rings. The molecule has 1 aromatic heterocycles. The first-order valence-corrected chi connectivity index (χ1v) is 6.74. The summed E-state index contributed by atoms with van der Waals surface area (Å²) >= 11 is 0. The zero-order valence-corrected chi connectivity index (χ0v) is 11.8. The third-order valence-electron chi connectivity index (χ3n) is 3.37. The molecule has 112 valence electrons. The van der Waals surface area contributed by atoms with E-state index in [9.17, 15) is 13.2 Å². The van der Waals surface area contributed by atoms with E-state index in [1.54, 1.807) is 12.1 Å². The molecule has 5 heteroatoms. The smallest absolute Gasteiger partial charge is 0.355 e. The quantitative estimate of drug-likeness (QED) is 0.694. The minimum atomic E-state index is -4.42. The van der Waals surface area contributed by atoms with Gasteiger partial charge in [0, 0.05) is 23.0 Å². The summed E-state index contributed by atoms with van der Waals surface area (Å²) in [7, 11) is 0. The summed E-state index contributed by atoms with van der Waals surface area (Å²) in [6.45, 7) is 1.96. The van der Waals surface area contributed by atoms with E-state index in [0.717, 1.165) is 17.3 Å². The maximum Gasteiger partial charge on any atom is 0.418 e. The molecule has 0 aliphatic heterocycles. The Bertz CT molecular complexity index is 825. The molecule has 2 aromatic carbocycles. The summed E-state index contributed by atoms with van der Waals surface area (Å²) in [6, 6.07) is 13.4. The number of aromatic nitrogens is 1. The molecule has 0 aliphatic rings. The Labute approximate surface area is 125 Å². The fourth-order valence-electron chi connectivity index (χ4n) is 2.39. The van der Waals surface area contributed by atoms with Crippen molar-refractivity contribution < 1.29 is 13.2 Å². The first kappa shape index (κ1) is 14.4. The molecule has 3 aromatic rings. The maximum atomic E-state index is 13.1. The van der Waals surface area contributed by atoms with Crippen molar-refractivity contribution >= 4 is 22.3 Å². The molecular weight excluding hydrogens is 289 g/mol. The summed E-state index contributed by atoms with van der Waals surface area (Å²) in [4.78, 5) is 3.91. The van der Waals surface area contributed by atoms with E-state index < -0.39 is 11.7 Å². The minimum absolute atomic E-state index is 0.0485. The Morgan fingerprint density at radius 2 is 1.77 bits per heavy atom. The van der Waals surface area contributed by atoms with Gasteiger partial charge in [0.05, 0.1) is 11.1 Å². The standard InChI is InChI=1S/C17H13F3N2/c1-11-4-2-5-12(10-11)22-15-8-9-21-16-13(15)6-3-7-14(16)17(18,19)20/h2-10H,1H3,(H,21,22). The van der Waals surface area contributed by atoms with Crippen molar-refractivity contribution in [2.24, 2.45) is 0 Å². The summed E-state index contributed by atoms with van der Waals surface area (Å²) in [6.07, 6.45) is -3.04. The molecule has 0 aliphatic carbocycles. The van der Waals surface area contributed by atoms with Gasteiger partial charge in [0.2, 0.25) is 0 Å².